The summed E-state index contributed by atoms with van der Waals surface area (Å²) >= 11 is 0. The smallest absolute Gasteiger partial charge is 0.220 e. The fourth-order valence-electron chi connectivity index (χ4n) is 2.16. The lowest BCUT2D eigenvalue weighted by Crippen LogP contribution is -2.27. The number of nitrogens with one attached hydrogen (secondary N) is 2. The third-order valence-electron chi connectivity index (χ3n) is 3.65. The number of amides is 1. The number of rotatable bonds is 8. The highest BCUT2D eigenvalue weighted by Gasteiger charge is 2.22. The topological polar surface area (TPSA) is 50.4 Å². The molecule has 1 aliphatic carbocycles. The van der Waals surface area contributed by atoms with E-state index in [2.05, 4.69) is 10.6 Å². The minimum atomic E-state index is -0.356. The van der Waals surface area contributed by atoms with Crippen LogP contribution in [0, 0.1) is 5.82 Å². The predicted molar refractivity (Wildman–Crippen MR) is 79.8 cm³/mol. The summed E-state index contributed by atoms with van der Waals surface area (Å²) in [7, 11) is 1.46. The SMILES string of the molecule is COc1cc(C(C)NCCCC(=O)NC2CC2)ccc1F. The Labute approximate surface area is 125 Å². The molecule has 2 N–H and O–H groups in total. The van der Waals surface area contributed by atoms with Crippen LogP contribution >= 0.6 is 0 Å². The van der Waals surface area contributed by atoms with Crippen LogP contribution in [0.25, 0.3) is 0 Å². The lowest BCUT2D eigenvalue weighted by molar-refractivity contribution is -0.121. The molecule has 0 heterocycles. The minimum Gasteiger partial charge on any atom is -0.494 e. The maximum absolute atomic E-state index is 13.3. The Balaban J connectivity index is 1.71. The molecule has 1 aromatic rings. The fourth-order valence-corrected chi connectivity index (χ4v) is 2.16. The molecule has 1 atom stereocenters. The van der Waals surface area contributed by atoms with Crippen LogP contribution in [0.2, 0.25) is 0 Å². The van der Waals surface area contributed by atoms with Gasteiger partial charge in [-0.1, -0.05) is 6.07 Å². The number of benzene rings is 1. The van der Waals surface area contributed by atoms with Crippen molar-refractivity contribution in [1.29, 1.82) is 0 Å². The minimum absolute atomic E-state index is 0.0889. The molecular weight excluding hydrogens is 271 g/mol. The van der Waals surface area contributed by atoms with Crippen LogP contribution in [-0.4, -0.2) is 25.6 Å². The van der Waals surface area contributed by atoms with Crippen molar-refractivity contribution in [3.05, 3.63) is 29.6 Å². The molecule has 1 amide bonds. The quantitative estimate of drug-likeness (QED) is 0.724. The van der Waals surface area contributed by atoms with Crippen molar-refractivity contribution < 1.29 is 13.9 Å². The first-order valence-corrected chi connectivity index (χ1v) is 7.46. The highest BCUT2D eigenvalue weighted by molar-refractivity contribution is 5.76. The summed E-state index contributed by atoms with van der Waals surface area (Å²) in [6.07, 6.45) is 3.57. The highest BCUT2D eigenvalue weighted by Crippen LogP contribution is 2.22. The lowest BCUT2D eigenvalue weighted by atomic mass is 10.1. The Bertz CT molecular complexity index is 489. The zero-order valence-corrected chi connectivity index (χ0v) is 12.6. The zero-order chi connectivity index (χ0) is 15.2. The molecule has 0 radical (unpaired) electrons. The van der Waals surface area contributed by atoms with E-state index in [4.69, 9.17) is 4.74 Å². The van der Waals surface area contributed by atoms with Gasteiger partial charge in [-0.25, -0.2) is 4.39 Å². The van der Waals surface area contributed by atoms with Gasteiger partial charge in [0.15, 0.2) is 11.6 Å². The average Bonchev–Trinajstić information content (AvgIpc) is 3.27. The molecular formula is C16H23FN2O2. The lowest BCUT2D eigenvalue weighted by Gasteiger charge is -2.15. The molecule has 1 saturated carbocycles. The van der Waals surface area contributed by atoms with E-state index in [1.54, 1.807) is 12.1 Å². The normalized spacial score (nSPS) is 15.6. The van der Waals surface area contributed by atoms with E-state index in [1.165, 1.54) is 13.2 Å². The van der Waals surface area contributed by atoms with Gasteiger partial charge in [-0.15, -0.1) is 0 Å². The maximum Gasteiger partial charge on any atom is 0.220 e. The first kappa shape index (κ1) is 15.8. The highest BCUT2D eigenvalue weighted by atomic mass is 19.1. The number of halogens is 1. The van der Waals surface area contributed by atoms with Crippen molar-refractivity contribution in [3.63, 3.8) is 0 Å². The van der Waals surface area contributed by atoms with Crippen LogP contribution in [0.4, 0.5) is 4.39 Å². The maximum atomic E-state index is 13.3. The summed E-state index contributed by atoms with van der Waals surface area (Å²) in [6, 6.07) is 5.37. The Morgan fingerprint density at radius 3 is 2.90 bits per heavy atom. The van der Waals surface area contributed by atoms with Crippen LogP contribution in [-0.2, 0) is 4.79 Å². The second-order valence-electron chi connectivity index (χ2n) is 5.52. The van der Waals surface area contributed by atoms with E-state index in [0.717, 1.165) is 31.4 Å². The Hall–Kier alpha value is -1.62. The van der Waals surface area contributed by atoms with Gasteiger partial charge < -0.3 is 15.4 Å². The summed E-state index contributed by atoms with van der Waals surface area (Å²) in [4.78, 5) is 11.5. The van der Waals surface area contributed by atoms with E-state index in [0.29, 0.717) is 12.5 Å². The Kier molecular flexibility index (Phi) is 5.56. The largest absolute Gasteiger partial charge is 0.494 e. The number of ether oxygens (including phenoxy) is 1. The molecule has 1 unspecified atom stereocenters. The fraction of sp³-hybridized carbons (Fsp3) is 0.562. The van der Waals surface area contributed by atoms with Crippen LogP contribution in [0.5, 0.6) is 5.75 Å². The molecule has 0 aromatic heterocycles. The number of carbonyl (C=O) groups excluding carboxylic acids is 1. The van der Waals surface area contributed by atoms with Crippen molar-refractivity contribution >= 4 is 5.91 Å². The first-order chi connectivity index (χ1) is 10.1. The third-order valence-corrected chi connectivity index (χ3v) is 3.65. The Morgan fingerprint density at radius 2 is 2.24 bits per heavy atom. The van der Waals surface area contributed by atoms with Crippen molar-refractivity contribution in [1.82, 2.24) is 10.6 Å². The molecule has 21 heavy (non-hydrogen) atoms. The summed E-state index contributed by atoms with van der Waals surface area (Å²) in [5.74, 6) is 0.0329. The standard InChI is InChI=1S/C16H23FN2O2/c1-11(12-5-8-14(17)15(10-12)21-2)18-9-3-4-16(20)19-13-6-7-13/h5,8,10-11,13,18H,3-4,6-7,9H2,1-2H3,(H,19,20). The Morgan fingerprint density at radius 1 is 1.48 bits per heavy atom. The van der Waals surface area contributed by atoms with Crippen LogP contribution in [0.3, 0.4) is 0 Å². The summed E-state index contributed by atoms with van der Waals surface area (Å²) < 4.78 is 18.3. The van der Waals surface area contributed by atoms with E-state index in [9.17, 15) is 9.18 Å². The number of methoxy groups -OCH3 is 1. The molecule has 1 fully saturated rings. The molecule has 2 rings (SSSR count). The molecule has 5 heteroatoms. The second kappa shape index (κ2) is 7.41. The summed E-state index contributed by atoms with van der Waals surface area (Å²) in [5.41, 5.74) is 0.968. The molecule has 116 valence electrons. The number of hydrogen-bond donors (Lipinski definition) is 2. The van der Waals surface area contributed by atoms with Gasteiger partial charge in [0.1, 0.15) is 0 Å². The second-order valence-corrected chi connectivity index (χ2v) is 5.52. The monoisotopic (exact) mass is 294 g/mol. The van der Waals surface area contributed by atoms with Gasteiger partial charge in [-0.2, -0.15) is 0 Å². The van der Waals surface area contributed by atoms with Crippen LogP contribution in [0.15, 0.2) is 18.2 Å². The molecule has 4 nitrogen and oxygen atoms in total. The molecule has 0 saturated heterocycles. The van der Waals surface area contributed by atoms with E-state index < -0.39 is 0 Å². The van der Waals surface area contributed by atoms with E-state index in [1.807, 2.05) is 6.92 Å². The average molecular weight is 294 g/mol. The van der Waals surface area contributed by atoms with Gasteiger partial charge in [-0.3, -0.25) is 4.79 Å². The van der Waals surface area contributed by atoms with Crippen molar-refractivity contribution in [2.45, 2.75) is 44.7 Å². The first-order valence-electron chi connectivity index (χ1n) is 7.46. The van der Waals surface area contributed by atoms with Crippen molar-refractivity contribution in [3.8, 4) is 5.75 Å². The van der Waals surface area contributed by atoms with E-state index in [-0.39, 0.29) is 23.5 Å². The van der Waals surface area contributed by atoms with Crippen LogP contribution in [0.1, 0.15) is 44.2 Å². The van der Waals surface area contributed by atoms with Gasteiger partial charge in [0, 0.05) is 18.5 Å². The molecule has 1 aromatic carbocycles. The summed E-state index contributed by atoms with van der Waals surface area (Å²) in [6.45, 7) is 2.76. The molecule has 0 spiro atoms. The molecule has 0 aliphatic heterocycles. The molecule has 0 bridgehead atoms. The van der Waals surface area contributed by atoms with Gasteiger partial charge in [0.05, 0.1) is 7.11 Å². The van der Waals surface area contributed by atoms with Crippen LogP contribution < -0.4 is 15.4 Å². The van der Waals surface area contributed by atoms with Gasteiger partial charge >= 0.3 is 0 Å². The van der Waals surface area contributed by atoms with Gasteiger partial charge in [0.25, 0.3) is 0 Å². The molecule has 1 aliphatic rings. The summed E-state index contributed by atoms with van der Waals surface area (Å²) in [5, 5.41) is 6.31. The van der Waals surface area contributed by atoms with Gasteiger partial charge in [0.2, 0.25) is 5.91 Å². The van der Waals surface area contributed by atoms with Crippen molar-refractivity contribution in [2.75, 3.05) is 13.7 Å². The van der Waals surface area contributed by atoms with Gasteiger partial charge in [-0.05, 0) is 50.4 Å². The third kappa shape index (κ3) is 5.01. The number of carbonyl (C=O) groups is 1. The number of hydrogen-bond acceptors (Lipinski definition) is 3. The van der Waals surface area contributed by atoms with E-state index >= 15 is 0 Å². The predicted octanol–water partition coefficient (Wildman–Crippen LogP) is 2.54. The zero-order valence-electron chi connectivity index (χ0n) is 12.6. The van der Waals surface area contributed by atoms with Crippen molar-refractivity contribution in [2.24, 2.45) is 0 Å².